The first-order chi connectivity index (χ1) is 15.2. The standard InChI is InChI=1S/C26H35NO5/c1-25(2,3)32-24(29)27-16-10-15-26(30,23(27)19-11-6-5-7-12-19)17-20(18-28)21-13-8-9-14-22(21)31-4/h5-9,11-14,20,23,28,30H,10,15-18H2,1-4H3/t20-,23?,26?/m0/s1. The molecule has 0 radical (unpaired) electrons. The van der Waals surface area contributed by atoms with Gasteiger partial charge in [-0.3, -0.25) is 4.90 Å². The van der Waals surface area contributed by atoms with Crippen LogP contribution in [-0.2, 0) is 4.74 Å². The SMILES string of the molecule is COc1ccccc1[C@H](CO)CC1(O)CCCN(C(=O)OC(C)(C)C)C1c1ccccc1. The van der Waals surface area contributed by atoms with Crippen LogP contribution in [0.15, 0.2) is 54.6 Å². The van der Waals surface area contributed by atoms with E-state index in [0.29, 0.717) is 25.1 Å². The van der Waals surface area contributed by atoms with Gasteiger partial charge in [0.25, 0.3) is 0 Å². The highest BCUT2D eigenvalue weighted by atomic mass is 16.6. The highest BCUT2D eigenvalue weighted by Crippen LogP contribution is 2.46. The molecule has 32 heavy (non-hydrogen) atoms. The molecule has 1 fully saturated rings. The van der Waals surface area contributed by atoms with E-state index in [1.165, 1.54) is 0 Å². The van der Waals surface area contributed by atoms with Crippen molar-refractivity contribution >= 4 is 6.09 Å². The fraction of sp³-hybridized carbons (Fsp3) is 0.500. The number of hydrogen-bond donors (Lipinski definition) is 2. The number of aliphatic hydroxyl groups excluding tert-OH is 1. The van der Waals surface area contributed by atoms with E-state index in [-0.39, 0.29) is 18.9 Å². The van der Waals surface area contributed by atoms with E-state index >= 15 is 0 Å². The number of carbonyl (C=O) groups excluding carboxylic acids is 1. The van der Waals surface area contributed by atoms with Gasteiger partial charge in [-0.05, 0) is 57.2 Å². The van der Waals surface area contributed by atoms with Gasteiger partial charge >= 0.3 is 6.09 Å². The molecular weight excluding hydrogens is 406 g/mol. The van der Waals surface area contributed by atoms with Crippen molar-refractivity contribution in [3.8, 4) is 5.75 Å². The van der Waals surface area contributed by atoms with Crippen molar-refractivity contribution in [1.82, 2.24) is 4.90 Å². The Morgan fingerprint density at radius 1 is 1.16 bits per heavy atom. The van der Waals surface area contributed by atoms with Crippen molar-refractivity contribution in [2.24, 2.45) is 0 Å². The molecule has 0 bridgehead atoms. The highest BCUT2D eigenvalue weighted by molar-refractivity contribution is 5.69. The Bertz CT molecular complexity index is 895. The largest absolute Gasteiger partial charge is 0.496 e. The van der Waals surface area contributed by atoms with E-state index in [4.69, 9.17) is 9.47 Å². The van der Waals surface area contributed by atoms with Gasteiger partial charge in [0.1, 0.15) is 11.4 Å². The summed E-state index contributed by atoms with van der Waals surface area (Å²) in [5.74, 6) is 0.326. The number of rotatable bonds is 6. The van der Waals surface area contributed by atoms with Crippen LogP contribution in [0.25, 0.3) is 0 Å². The molecule has 174 valence electrons. The molecule has 0 spiro atoms. The lowest BCUT2D eigenvalue weighted by Gasteiger charge is -2.48. The zero-order chi connectivity index (χ0) is 23.4. The number of benzene rings is 2. The molecule has 1 saturated heterocycles. The van der Waals surface area contributed by atoms with Crippen LogP contribution in [-0.4, -0.2) is 52.7 Å². The van der Waals surface area contributed by atoms with E-state index < -0.39 is 23.3 Å². The van der Waals surface area contributed by atoms with Crippen molar-refractivity contribution in [1.29, 1.82) is 0 Å². The van der Waals surface area contributed by atoms with Crippen molar-refractivity contribution in [3.63, 3.8) is 0 Å². The van der Waals surface area contributed by atoms with Gasteiger partial charge in [0, 0.05) is 12.5 Å². The van der Waals surface area contributed by atoms with Crippen LogP contribution >= 0.6 is 0 Å². The second-order valence-corrected chi connectivity index (χ2v) is 9.52. The Hall–Kier alpha value is -2.57. The highest BCUT2D eigenvalue weighted by Gasteiger charge is 2.48. The maximum atomic E-state index is 13.1. The second kappa shape index (κ2) is 9.92. The van der Waals surface area contributed by atoms with Crippen LogP contribution < -0.4 is 4.74 Å². The van der Waals surface area contributed by atoms with Crippen LogP contribution in [0.1, 0.15) is 63.1 Å². The van der Waals surface area contributed by atoms with Gasteiger partial charge in [-0.1, -0.05) is 48.5 Å². The maximum Gasteiger partial charge on any atom is 0.410 e. The van der Waals surface area contributed by atoms with Gasteiger partial charge < -0.3 is 19.7 Å². The molecule has 3 rings (SSSR count). The molecule has 2 N–H and O–H groups in total. The predicted molar refractivity (Wildman–Crippen MR) is 124 cm³/mol. The van der Waals surface area contributed by atoms with Crippen molar-refractivity contribution in [3.05, 3.63) is 65.7 Å². The van der Waals surface area contributed by atoms with Crippen LogP contribution in [0, 0.1) is 0 Å². The molecule has 6 nitrogen and oxygen atoms in total. The van der Waals surface area contributed by atoms with Gasteiger partial charge in [-0.2, -0.15) is 0 Å². The Morgan fingerprint density at radius 2 is 1.81 bits per heavy atom. The first kappa shape index (κ1) is 24.1. The van der Waals surface area contributed by atoms with Crippen LogP contribution in [0.4, 0.5) is 4.79 Å². The summed E-state index contributed by atoms with van der Waals surface area (Å²) in [5, 5.41) is 22.3. The number of piperidine rings is 1. The summed E-state index contributed by atoms with van der Waals surface area (Å²) in [6.45, 7) is 5.86. The average molecular weight is 442 g/mol. The molecule has 1 aliphatic rings. The van der Waals surface area contributed by atoms with Crippen molar-refractivity contribution < 1.29 is 24.5 Å². The van der Waals surface area contributed by atoms with E-state index in [0.717, 1.165) is 11.1 Å². The molecule has 0 aliphatic carbocycles. The van der Waals surface area contributed by atoms with Crippen molar-refractivity contribution in [2.75, 3.05) is 20.3 Å². The van der Waals surface area contributed by atoms with E-state index in [1.54, 1.807) is 12.0 Å². The molecule has 2 unspecified atom stereocenters. The number of ether oxygens (including phenoxy) is 2. The number of likely N-dealkylation sites (tertiary alicyclic amines) is 1. The summed E-state index contributed by atoms with van der Waals surface area (Å²) in [6, 6.07) is 16.5. The summed E-state index contributed by atoms with van der Waals surface area (Å²) in [7, 11) is 1.60. The smallest absolute Gasteiger partial charge is 0.410 e. The number of hydrogen-bond acceptors (Lipinski definition) is 5. The summed E-state index contributed by atoms with van der Waals surface area (Å²) in [5.41, 5.74) is -0.201. The summed E-state index contributed by atoms with van der Waals surface area (Å²) >= 11 is 0. The first-order valence-corrected chi connectivity index (χ1v) is 11.2. The third kappa shape index (κ3) is 5.43. The van der Waals surface area contributed by atoms with E-state index in [1.807, 2.05) is 75.4 Å². The number of para-hydroxylation sites is 1. The van der Waals surface area contributed by atoms with Crippen molar-refractivity contribution in [2.45, 2.75) is 63.2 Å². The third-order valence-electron chi connectivity index (χ3n) is 5.97. The quantitative estimate of drug-likeness (QED) is 0.681. The lowest BCUT2D eigenvalue weighted by molar-refractivity contribution is -0.0955. The second-order valence-electron chi connectivity index (χ2n) is 9.52. The number of nitrogens with zero attached hydrogens (tertiary/aromatic N) is 1. The van der Waals surface area contributed by atoms with Gasteiger partial charge in [-0.25, -0.2) is 4.79 Å². The van der Waals surface area contributed by atoms with E-state index in [9.17, 15) is 15.0 Å². The minimum absolute atomic E-state index is 0.142. The molecule has 2 aromatic rings. The summed E-state index contributed by atoms with van der Waals surface area (Å²) in [6.07, 6.45) is 0.992. The molecule has 2 aromatic carbocycles. The Labute approximate surface area is 190 Å². The molecule has 0 saturated carbocycles. The first-order valence-electron chi connectivity index (χ1n) is 11.2. The fourth-order valence-electron chi connectivity index (χ4n) is 4.67. The molecule has 6 heteroatoms. The topological polar surface area (TPSA) is 79.2 Å². The monoisotopic (exact) mass is 441 g/mol. The Kier molecular flexibility index (Phi) is 7.47. The minimum atomic E-state index is -1.25. The zero-order valence-corrected chi connectivity index (χ0v) is 19.5. The Morgan fingerprint density at radius 3 is 2.44 bits per heavy atom. The lowest BCUT2D eigenvalue weighted by atomic mass is 9.74. The molecule has 3 atom stereocenters. The molecular formula is C26H35NO5. The summed E-state index contributed by atoms with van der Waals surface area (Å²) in [4.78, 5) is 14.8. The minimum Gasteiger partial charge on any atom is -0.496 e. The van der Waals surface area contributed by atoms with E-state index in [2.05, 4.69) is 0 Å². The number of amides is 1. The zero-order valence-electron chi connectivity index (χ0n) is 19.5. The number of carbonyl (C=O) groups is 1. The molecule has 1 aliphatic heterocycles. The van der Waals surface area contributed by atoms with Gasteiger partial charge in [0.15, 0.2) is 0 Å². The molecule has 1 amide bonds. The summed E-state index contributed by atoms with van der Waals surface area (Å²) < 4.78 is 11.2. The lowest BCUT2D eigenvalue weighted by Crippen LogP contribution is -2.54. The Balaban J connectivity index is 2.00. The number of methoxy groups -OCH3 is 1. The fourth-order valence-corrected chi connectivity index (χ4v) is 4.67. The maximum absolute atomic E-state index is 13.1. The third-order valence-corrected chi connectivity index (χ3v) is 5.97. The van der Waals surface area contributed by atoms with Crippen LogP contribution in [0.5, 0.6) is 5.75 Å². The van der Waals surface area contributed by atoms with Gasteiger partial charge in [-0.15, -0.1) is 0 Å². The predicted octanol–water partition coefficient (Wildman–Crippen LogP) is 4.66. The molecule has 0 aromatic heterocycles. The number of aliphatic hydroxyl groups is 2. The average Bonchev–Trinajstić information content (AvgIpc) is 2.76. The van der Waals surface area contributed by atoms with Crippen LogP contribution in [0.2, 0.25) is 0 Å². The van der Waals surface area contributed by atoms with Crippen LogP contribution in [0.3, 0.4) is 0 Å². The van der Waals surface area contributed by atoms with Gasteiger partial charge in [0.2, 0.25) is 0 Å². The normalized spacial score (nSPS) is 22.3. The van der Waals surface area contributed by atoms with Gasteiger partial charge in [0.05, 0.1) is 25.4 Å². The molecule has 1 heterocycles.